The lowest BCUT2D eigenvalue weighted by Crippen LogP contribution is -2.54. The topological polar surface area (TPSA) is 48.5 Å². The van der Waals surface area contributed by atoms with E-state index >= 15 is 0 Å². The number of hydrogen-bond donors (Lipinski definition) is 1. The van der Waals surface area contributed by atoms with Gasteiger partial charge in [-0.05, 0) is 31.4 Å². The molecule has 0 unspecified atom stereocenters. The molecule has 2 aliphatic heterocycles. The number of nitrogens with one attached hydrogen (secondary N) is 1. The summed E-state index contributed by atoms with van der Waals surface area (Å²) in [5.74, 6) is -0.960. The minimum atomic E-state index is -4.57. The van der Waals surface area contributed by atoms with E-state index in [-0.39, 0.29) is 25.1 Å². The summed E-state index contributed by atoms with van der Waals surface area (Å²) in [7, 11) is 0. The largest absolute Gasteiger partial charge is 0.433 e. The molecular weight excluding hydrogens is 378 g/mol. The van der Waals surface area contributed by atoms with Crippen molar-refractivity contribution in [2.45, 2.75) is 50.2 Å². The molecule has 2 atom stereocenters. The average molecular weight is 396 g/mol. The summed E-state index contributed by atoms with van der Waals surface area (Å²) in [5.41, 5.74) is -1.03. The SMILES string of the molecule is O=C(CC(F)(F)F)N1CC[C@@H]2CC[C@@H](Nc3cccc(C(F)(F)F)n3)N2C1. The zero-order chi connectivity index (χ0) is 19.8. The monoisotopic (exact) mass is 396 g/mol. The molecule has 0 bridgehead atoms. The number of anilines is 1. The number of halogens is 6. The number of aromatic nitrogens is 1. The Kier molecular flexibility index (Phi) is 5.24. The van der Waals surface area contributed by atoms with Gasteiger partial charge in [-0.2, -0.15) is 26.3 Å². The molecule has 2 saturated heterocycles. The van der Waals surface area contributed by atoms with Crippen molar-refractivity contribution in [2.24, 2.45) is 0 Å². The van der Waals surface area contributed by atoms with E-state index in [1.165, 1.54) is 12.1 Å². The Bertz CT molecular complexity index is 692. The fraction of sp³-hybridized carbons (Fsp3) is 0.625. The summed E-state index contributed by atoms with van der Waals surface area (Å²) >= 11 is 0. The lowest BCUT2D eigenvalue weighted by Gasteiger charge is -2.40. The predicted molar refractivity (Wildman–Crippen MR) is 83.4 cm³/mol. The molecule has 3 rings (SSSR count). The fourth-order valence-electron chi connectivity index (χ4n) is 3.52. The maximum Gasteiger partial charge on any atom is 0.433 e. The third-order valence-corrected chi connectivity index (χ3v) is 4.77. The summed E-state index contributed by atoms with van der Waals surface area (Å²) < 4.78 is 75.7. The highest BCUT2D eigenvalue weighted by atomic mass is 19.4. The number of alkyl halides is 6. The normalized spacial score (nSPS) is 24.0. The maximum atomic E-state index is 12.8. The summed E-state index contributed by atoms with van der Waals surface area (Å²) in [4.78, 5) is 18.4. The van der Waals surface area contributed by atoms with Crippen LogP contribution < -0.4 is 5.32 Å². The van der Waals surface area contributed by atoms with Gasteiger partial charge in [0.05, 0.1) is 12.8 Å². The van der Waals surface area contributed by atoms with Gasteiger partial charge in [-0.1, -0.05) is 6.07 Å². The molecule has 0 spiro atoms. The number of carbonyl (C=O) groups is 1. The quantitative estimate of drug-likeness (QED) is 0.796. The second-order valence-electron chi connectivity index (χ2n) is 6.69. The number of fused-ring (bicyclic) bond motifs is 1. The van der Waals surface area contributed by atoms with Crippen LogP contribution in [0.2, 0.25) is 0 Å². The zero-order valence-corrected chi connectivity index (χ0v) is 14.1. The van der Waals surface area contributed by atoms with Crippen molar-refractivity contribution in [1.82, 2.24) is 14.8 Å². The highest BCUT2D eigenvalue weighted by molar-refractivity contribution is 5.76. The molecule has 1 N–H and O–H groups in total. The van der Waals surface area contributed by atoms with E-state index in [1.54, 1.807) is 0 Å². The minimum absolute atomic E-state index is 0.0101. The van der Waals surface area contributed by atoms with Gasteiger partial charge in [0.15, 0.2) is 0 Å². The Labute approximate surface area is 151 Å². The van der Waals surface area contributed by atoms with E-state index in [9.17, 15) is 31.1 Å². The third kappa shape index (κ3) is 4.82. The Hall–Kier alpha value is -2.04. The lowest BCUT2D eigenvalue weighted by atomic mass is 10.1. The molecule has 2 aliphatic rings. The minimum Gasteiger partial charge on any atom is -0.354 e. The molecule has 2 fully saturated rings. The van der Waals surface area contributed by atoms with E-state index < -0.39 is 36.5 Å². The van der Waals surface area contributed by atoms with Crippen LogP contribution in [0.15, 0.2) is 18.2 Å². The van der Waals surface area contributed by atoms with E-state index in [1.807, 2.05) is 4.90 Å². The van der Waals surface area contributed by atoms with Crippen LogP contribution in [0.4, 0.5) is 32.2 Å². The number of pyridine rings is 1. The van der Waals surface area contributed by atoms with Gasteiger partial charge in [-0.25, -0.2) is 4.98 Å². The van der Waals surface area contributed by atoms with Gasteiger partial charge in [0.1, 0.15) is 17.9 Å². The zero-order valence-electron chi connectivity index (χ0n) is 14.1. The summed E-state index contributed by atoms with van der Waals surface area (Å²) in [6.45, 7) is 0.251. The van der Waals surface area contributed by atoms with E-state index in [2.05, 4.69) is 10.3 Å². The van der Waals surface area contributed by atoms with Gasteiger partial charge in [0.25, 0.3) is 0 Å². The fourth-order valence-corrected chi connectivity index (χ4v) is 3.52. The van der Waals surface area contributed by atoms with Crippen molar-refractivity contribution in [2.75, 3.05) is 18.5 Å². The Balaban J connectivity index is 1.67. The Morgan fingerprint density at radius 2 is 1.89 bits per heavy atom. The van der Waals surface area contributed by atoms with Crippen molar-refractivity contribution in [3.8, 4) is 0 Å². The van der Waals surface area contributed by atoms with Gasteiger partial charge >= 0.3 is 12.4 Å². The average Bonchev–Trinajstić information content (AvgIpc) is 2.95. The van der Waals surface area contributed by atoms with Crippen LogP contribution in [-0.4, -0.2) is 52.3 Å². The molecule has 1 aromatic rings. The first-order chi connectivity index (χ1) is 12.5. The molecule has 0 aromatic carbocycles. The standard InChI is InChI=1S/C16H18F6N4O/c17-15(18,19)8-14(27)25-7-6-10-4-5-13(26(10)9-25)24-12-3-1-2-11(23-12)16(20,21)22/h1-3,10,13H,4-9H2,(H,23,24)/t10-,13-/m0/s1. The highest BCUT2D eigenvalue weighted by Gasteiger charge is 2.41. The lowest BCUT2D eigenvalue weighted by molar-refractivity contribution is -0.164. The molecule has 1 aromatic heterocycles. The second kappa shape index (κ2) is 7.17. The van der Waals surface area contributed by atoms with Crippen molar-refractivity contribution in [3.63, 3.8) is 0 Å². The smallest absolute Gasteiger partial charge is 0.354 e. The van der Waals surface area contributed by atoms with Crippen LogP contribution in [0.3, 0.4) is 0 Å². The number of nitrogens with zero attached hydrogens (tertiary/aromatic N) is 3. The van der Waals surface area contributed by atoms with Gasteiger partial charge in [-0.15, -0.1) is 0 Å². The predicted octanol–water partition coefficient (Wildman–Crippen LogP) is 3.45. The van der Waals surface area contributed by atoms with Crippen molar-refractivity contribution >= 4 is 11.7 Å². The second-order valence-corrected chi connectivity index (χ2v) is 6.69. The van der Waals surface area contributed by atoms with Gasteiger partial charge in [0, 0.05) is 12.6 Å². The van der Waals surface area contributed by atoms with Crippen molar-refractivity contribution < 1.29 is 31.1 Å². The number of carbonyl (C=O) groups excluding carboxylic acids is 1. The highest BCUT2D eigenvalue weighted by Crippen LogP contribution is 2.33. The first kappa shape index (κ1) is 19.7. The van der Waals surface area contributed by atoms with Crippen LogP contribution in [0.5, 0.6) is 0 Å². The number of hydrogen-bond acceptors (Lipinski definition) is 4. The number of rotatable bonds is 3. The maximum absolute atomic E-state index is 12.8. The molecule has 27 heavy (non-hydrogen) atoms. The molecule has 0 saturated carbocycles. The molecule has 5 nitrogen and oxygen atoms in total. The van der Waals surface area contributed by atoms with Gasteiger partial charge in [0.2, 0.25) is 5.91 Å². The van der Waals surface area contributed by atoms with Gasteiger partial charge < -0.3 is 10.2 Å². The summed E-state index contributed by atoms with van der Waals surface area (Å²) in [6.07, 6.45) is -9.17. The molecular formula is C16H18F6N4O. The molecule has 11 heteroatoms. The molecule has 3 heterocycles. The van der Waals surface area contributed by atoms with Gasteiger partial charge in [-0.3, -0.25) is 9.69 Å². The molecule has 0 aliphatic carbocycles. The first-order valence-electron chi connectivity index (χ1n) is 8.44. The Morgan fingerprint density at radius 1 is 1.15 bits per heavy atom. The molecule has 150 valence electrons. The van der Waals surface area contributed by atoms with Crippen molar-refractivity contribution in [3.05, 3.63) is 23.9 Å². The van der Waals surface area contributed by atoms with Crippen LogP contribution in [-0.2, 0) is 11.0 Å². The van der Waals surface area contributed by atoms with Crippen LogP contribution in [0, 0.1) is 0 Å². The van der Waals surface area contributed by atoms with Crippen LogP contribution in [0.25, 0.3) is 0 Å². The number of amides is 1. The van der Waals surface area contributed by atoms with E-state index in [0.717, 1.165) is 17.4 Å². The van der Waals surface area contributed by atoms with Crippen molar-refractivity contribution in [1.29, 1.82) is 0 Å². The van der Waals surface area contributed by atoms with E-state index in [4.69, 9.17) is 0 Å². The Morgan fingerprint density at radius 3 is 2.56 bits per heavy atom. The summed E-state index contributed by atoms with van der Waals surface area (Å²) in [6, 6.07) is 3.57. The van der Waals surface area contributed by atoms with Crippen LogP contribution >= 0.6 is 0 Å². The van der Waals surface area contributed by atoms with Crippen LogP contribution in [0.1, 0.15) is 31.4 Å². The first-order valence-corrected chi connectivity index (χ1v) is 8.44. The molecule has 1 amide bonds. The summed E-state index contributed by atoms with van der Waals surface area (Å²) in [5, 5.41) is 2.91. The molecule has 0 radical (unpaired) electrons. The van der Waals surface area contributed by atoms with E-state index in [0.29, 0.717) is 12.8 Å². The third-order valence-electron chi connectivity index (χ3n) is 4.77.